The molecule has 1 aliphatic heterocycles. The lowest BCUT2D eigenvalue weighted by atomic mass is 10.0. The van der Waals surface area contributed by atoms with Gasteiger partial charge < -0.3 is 24.6 Å². The van der Waals surface area contributed by atoms with Gasteiger partial charge in [0.2, 0.25) is 0 Å². The van der Waals surface area contributed by atoms with E-state index < -0.39 is 24.0 Å². The third kappa shape index (κ3) is 6.36. The Morgan fingerprint density at radius 2 is 2.00 bits per heavy atom. The lowest BCUT2D eigenvalue weighted by Crippen LogP contribution is -2.53. The summed E-state index contributed by atoms with van der Waals surface area (Å²) in [5.41, 5.74) is 0.898. The van der Waals surface area contributed by atoms with Gasteiger partial charge in [-0.05, 0) is 26.3 Å². The molecule has 1 heterocycles. The molecule has 1 unspecified atom stereocenters. The Balaban J connectivity index is 1.86. The van der Waals surface area contributed by atoms with E-state index in [-0.39, 0.29) is 25.2 Å². The first kappa shape index (κ1) is 19.2. The van der Waals surface area contributed by atoms with E-state index in [1.807, 2.05) is 30.3 Å². The van der Waals surface area contributed by atoms with E-state index in [0.29, 0.717) is 6.42 Å². The van der Waals surface area contributed by atoms with Crippen molar-refractivity contribution >= 4 is 12.1 Å². The van der Waals surface area contributed by atoms with Gasteiger partial charge in [0.1, 0.15) is 6.61 Å². The molecule has 0 aliphatic carbocycles. The highest BCUT2D eigenvalue weighted by atomic mass is 16.7. The van der Waals surface area contributed by atoms with Crippen molar-refractivity contribution in [3.63, 3.8) is 0 Å². The molecule has 1 saturated heterocycles. The first-order chi connectivity index (χ1) is 11.7. The molecule has 1 aromatic carbocycles. The summed E-state index contributed by atoms with van der Waals surface area (Å²) in [4.78, 5) is 22.9. The molecule has 0 bridgehead atoms. The molecule has 2 N–H and O–H groups in total. The van der Waals surface area contributed by atoms with Crippen LogP contribution in [-0.4, -0.2) is 41.2 Å². The fraction of sp³-hybridized carbons (Fsp3) is 0.556. The lowest BCUT2D eigenvalue weighted by molar-refractivity contribution is -0.303. The summed E-state index contributed by atoms with van der Waals surface area (Å²) >= 11 is 0. The molecule has 1 amide bonds. The van der Waals surface area contributed by atoms with E-state index in [9.17, 15) is 9.59 Å². The normalized spacial score (nSPS) is 23.5. The highest BCUT2D eigenvalue weighted by Gasteiger charge is 2.39. The Hall–Kier alpha value is -2.12. The third-order valence-corrected chi connectivity index (χ3v) is 3.90. The van der Waals surface area contributed by atoms with Crippen LogP contribution in [0.4, 0.5) is 4.79 Å². The van der Waals surface area contributed by atoms with E-state index in [4.69, 9.17) is 19.3 Å². The molecule has 3 atom stereocenters. The third-order valence-electron chi connectivity index (χ3n) is 3.90. The number of nitrogens with one attached hydrogen (secondary N) is 1. The van der Waals surface area contributed by atoms with Crippen LogP contribution in [0.1, 0.15) is 39.2 Å². The molecule has 138 valence electrons. The fourth-order valence-corrected chi connectivity index (χ4v) is 2.82. The Labute approximate surface area is 147 Å². The Morgan fingerprint density at radius 1 is 1.32 bits per heavy atom. The van der Waals surface area contributed by atoms with Crippen molar-refractivity contribution in [2.45, 2.75) is 64.3 Å². The zero-order valence-electron chi connectivity index (χ0n) is 14.7. The second kappa shape index (κ2) is 8.31. The number of hydrogen-bond donors (Lipinski definition) is 2. The monoisotopic (exact) mass is 351 g/mol. The van der Waals surface area contributed by atoms with Crippen LogP contribution < -0.4 is 5.32 Å². The molecular weight excluding hydrogens is 326 g/mol. The van der Waals surface area contributed by atoms with Gasteiger partial charge in [-0.3, -0.25) is 4.79 Å². The number of carboxylic acids is 1. The van der Waals surface area contributed by atoms with Gasteiger partial charge in [0.25, 0.3) is 0 Å². The molecule has 7 heteroatoms. The quantitative estimate of drug-likeness (QED) is 0.818. The number of alkyl carbamates (subject to hydrolysis) is 1. The first-order valence-corrected chi connectivity index (χ1v) is 8.30. The van der Waals surface area contributed by atoms with Crippen molar-refractivity contribution in [1.82, 2.24) is 5.32 Å². The summed E-state index contributed by atoms with van der Waals surface area (Å²) in [6.45, 7) is 5.44. The topological polar surface area (TPSA) is 94.1 Å². The van der Waals surface area contributed by atoms with E-state index >= 15 is 0 Å². The van der Waals surface area contributed by atoms with Gasteiger partial charge in [-0.25, -0.2) is 4.79 Å². The summed E-state index contributed by atoms with van der Waals surface area (Å²) in [5.74, 6) is -1.84. The maximum absolute atomic E-state index is 12.0. The highest BCUT2D eigenvalue weighted by Crippen LogP contribution is 2.29. The minimum absolute atomic E-state index is 0.103. The molecule has 0 radical (unpaired) electrons. The van der Waals surface area contributed by atoms with Crippen LogP contribution in [0.15, 0.2) is 30.3 Å². The summed E-state index contributed by atoms with van der Waals surface area (Å²) in [5, 5.41) is 11.7. The molecule has 0 aromatic heterocycles. The predicted octanol–water partition coefficient (Wildman–Crippen LogP) is 2.69. The van der Waals surface area contributed by atoms with Gasteiger partial charge >= 0.3 is 12.1 Å². The van der Waals surface area contributed by atoms with Crippen molar-refractivity contribution < 1.29 is 28.9 Å². The van der Waals surface area contributed by atoms with Crippen LogP contribution in [0.25, 0.3) is 0 Å². The van der Waals surface area contributed by atoms with E-state index in [1.54, 1.807) is 20.8 Å². The van der Waals surface area contributed by atoms with Crippen LogP contribution in [0.2, 0.25) is 0 Å². The number of carboxylic acid groups (broad SMARTS) is 1. The van der Waals surface area contributed by atoms with Crippen LogP contribution in [0.5, 0.6) is 0 Å². The van der Waals surface area contributed by atoms with Gasteiger partial charge in [-0.1, -0.05) is 30.3 Å². The first-order valence-electron chi connectivity index (χ1n) is 8.30. The molecular formula is C18H25NO6. The largest absolute Gasteiger partial charge is 0.481 e. The molecule has 0 spiro atoms. The molecule has 1 fully saturated rings. The maximum Gasteiger partial charge on any atom is 0.407 e. The number of aliphatic carboxylic acids is 1. The lowest BCUT2D eigenvalue weighted by Gasteiger charge is -2.42. The Bertz CT molecular complexity index is 588. The Kier molecular flexibility index (Phi) is 6.39. The second-order valence-electron chi connectivity index (χ2n) is 6.62. The van der Waals surface area contributed by atoms with Gasteiger partial charge in [0.15, 0.2) is 5.79 Å². The minimum Gasteiger partial charge on any atom is -0.481 e. The van der Waals surface area contributed by atoms with E-state index in [0.717, 1.165) is 5.56 Å². The molecule has 1 aromatic rings. The summed E-state index contributed by atoms with van der Waals surface area (Å²) < 4.78 is 16.7. The van der Waals surface area contributed by atoms with E-state index in [2.05, 4.69) is 5.32 Å². The molecule has 7 nitrogen and oxygen atoms in total. The number of carbonyl (C=O) groups excluding carboxylic acids is 1. The van der Waals surface area contributed by atoms with Gasteiger partial charge in [-0.2, -0.15) is 0 Å². The molecule has 2 rings (SSSR count). The van der Waals surface area contributed by atoms with Crippen LogP contribution in [0, 0.1) is 0 Å². The summed E-state index contributed by atoms with van der Waals surface area (Å²) in [6.07, 6.45) is -1.09. The number of amides is 1. The predicted molar refractivity (Wildman–Crippen MR) is 89.9 cm³/mol. The number of hydrogen-bond acceptors (Lipinski definition) is 5. The van der Waals surface area contributed by atoms with Crippen molar-refractivity contribution in [1.29, 1.82) is 0 Å². The molecule has 25 heavy (non-hydrogen) atoms. The van der Waals surface area contributed by atoms with Crippen LogP contribution in [-0.2, 0) is 25.6 Å². The smallest absolute Gasteiger partial charge is 0.407 e. The van der Waals surface area contributed by atoms with Gasteiger partial charge in [0.05, 0.1) is 24.7 Å². The summed E-state index contributed by atoms with van der Waals surface area (Å²) in [6, 6.07) is 9.04. The van der Waals surface area contributed by atoms with Crippen LogP contribution in [0.3, 0.4) is 0 Å². The van der Waals surface area contributed by atoms with Gasteiger partial charge in [-0.15, -0.1) is 0 Å². The number of ether oxygens (including phenoxy) is 3. The average molecular weight is 351 g/mol. The zero-order chi connectivity index (χ0) is 18.4. The number of carbonyl (C=O) groups is 2. The van der Waals surface area contributed by atoms with Crippen molar-refractivity contribution in [2.24, 2.45) is 0 Å². The van der Waals surface area contributed by atoms with E-state index in [1.165, 1.54) is 0 Å². The second-order valence-corrected chi connectivity index (χ2v) is 6.62. The van der Waals surface area contributed by atoms with Crippen molar-refractivity contribution in [3.05, 3.63) is 35.9 Å². The van der Waals surface area contributed by atoms with Crippen LogP contribution >= 0.6 is 0 Å². The fourth-order valence-electron chi connectivity index (χ4n) is 2.82. The van der Waals surface area contributed by atoms with Gasteiger partial charge in [0, 0.05) is 6.42 Å². The average Bonchev–Trinajstić information content (AvgIpc) is 2.51. The van der Waals surface area contributed by atoms with Crippen molar-refractivity contribution in [2.75, 3.05) is 0 Å². The highest BCUT2D eigenvalue weighted by molar-refractivity contribution is 5.68. The van der Waals surface area contributed by atoms with Crippen molar-refractivity contribution in [3.8, 4) is 0 Å². The maximum atomic E-state index is 12.0. The summed E-state index contributed by atoms with van der Waals surface area (Å²) in [7, 11) is 0. The number of benzene rings is 1. The SMILES string of the molecule is CC(NC(=O)OCc1ccccc1)[C@@H]1C[C@H](CC(=O)O)OC(C)(C)O1. The standard InChI is InChI=1S/C18H25NO6/c1-12(19-17(22)23-11-13-7-5-4-6-8-13)15-9-14(10-16(20)21)24-18(2,3)25-15/h4-8,12,14-15H,9-11H2,1-3H3,(H,19,22)(H,20,21)/t12?,14-,15+/m1/s1. The number of rotatable bonds is 6. The zero-order valence-corrected chi connectivity index (χ0v) is 14.7. The Morgan fingerprint density at radius 3 is 2.64 bits per heavy atom. The molecule has 0 saturated carbocycles. The molecule has 1 aliphatic rings. The minimum atomic E-state index is -0.927.